The first-order valence-electron chi connectivity index (χ1n) is 13.1. The number of nitrogens with one attached hydrogen (secondary N) is 1. The van der Waals surface area contributed by atoms with Crippen molar-refractivity contribution >= 4 is 21.8 Å². The van der Waals surface area contributed by atoms with Gasteiger partial charge >= 0.3 is 0 Å². The number of hydrogen-bond donors (Lipinski definition) is 2. The third-order valence-electron chi connectivity index (χ3n) is 9.02. The van der Waals surface area contributed by atoms with Gasteiger partial charge in [0.15, 0.2) is 0 Å². The summed E-state index contributed by atoms with van der Waals surface area (Å²) in [5.41, 5.74) is 6.92. The molecular formula is C28H32FN3O4S. The first kappa shape index (κ1) is 24.6. The lowest BCUT2D eigenvalue weighted by molar-refractivity contribution is -0.147. The number of nitrogens with zero attached hydrogens (tertiary/aromatic N) is 1. The second-order valence-electron chi connectivity index (χ2n) is 11.5. The summed E-state index contributed by atoms with van der Waals surface area (Å²) >= 11 is 0. The molecule has 9 heteroatoms. The number of carbonyl (C=O) groups excluding carboxylic acids is 2. The van der Waals surface area contributed by atoms with Gasteiger partial charge in [-0.3, -0.25) is 9.59 Å². The summed E-state index contributed by atoms with van der Waals surface area (Å²) in [6.07, 6.45) is 5.73. The van der Waals surface area contributed by atoms with Crippen LogP contribution in [0.2, 0.25) is 0 Å². The fourth-order valence-corrected chi connectivity index (χ4v) is 8.95. The Bertz CT molecular complexity index is 1310. The summed E-state index contributed by atoms with van der Waals surface area (Å²) in [4.78, 5) is 25.5. The van der Waals surface area contributed by atoms with E-state index < -0.39 is 15.4 Å². The van der Waals surface area contributed by atoms with Crippen molar-refractivity contribution in [1.29, 1.82) is 0 Å². The molecule has 196 valence electrons. The van der Waals surface area contributed by atoms with E-state index in [0.29, 0.717) is 18.8 Å². The summed E-state index contributed by atoms with van der Waals surface area (Å²) in [6.45, 7) is -0.215. The molecule has 0 radical (unpaired) electrons. The van der Waals surface area contributed by atoms with Crippen molar-refractivity contribution in [3.8, 4) is 11.1 Å². The van der Waals surface area contributed by atoms with E-state index in [1.54, 1.807) is 36.4 Å². The van der Waals surface area contributed by atoms with E-state index in [2.05, 4.69) is 5.32 Å². The zero-order valence-electron chi connectivity index (χ0n) is 20.6. The molecule has 2 unspecified atom stereocenters. The van der Waals surface area contributed by atoms with E-state index in [-0.39, 0.29) is 53.0 Å². The Kier molecular flexibility index (Phi) is 5.91. The highest BCUT2D eigenvalue weighted by Crippen LogP contribution is 2.59. The van der Waals surface area contributed by atoms with Gasteiger partial charge in [-0.25, -0.2) is 12.8 Å². The maximum absolute atomic E-state index is 13.5. The number of nitrogens with two attached hydrogens (primary N) is 1. The monoisotopic (exact) mass is 525 g/mol. The lowest BCUT2D eigenvalue weighted by Gasteiger charge is -2.58. The minimum Gasteiger partial charge on any atom is -0.369 e. The normalized spacial score (nSPS) is 30.4. The number of primary amides is 1. The van der Waals surface area contributed by atoms with Crippen LogP contribution in [0.1, 0.15) is 44.9 Å². The number of rotatable bonds is 8. The molecular weight excluding hydrogens is 493 g/mol. The van der Waals surface area contributed by atoms with Crippen molar-refractivity contribution in [2.24, 2.45) is 28.9 Å². The first-order valence-corrected chi connectivity index (χ1v) is 14.6. The molecule has 7 rings (SSSR count). The maximum atomic E-state index is 13.5. The van der Waals surface area contributed by atoms with Crippen LogP contribution in [-0.2, 0) is 19.6 Å². The Morgan fingerprint density at radius 2 is 1.51 bits per heavy atom. The lowest BCUT2D eigenvalue weighted by Crippen LogP contribution is -2.62. The van der Waals surface area contributed by atoms with Crippen molar-refractivity contribution in [2.75, 3.05) is 6.54 Å². The van der Waals surface area contributed by atoms with Gasteiger partial charge in [0.05, 0.1) is 11.4 Å². The van der Waals surface area contributed by atoms with Gasteiger partial charge in [-0.1, -0.05) is 24.3 Å². The number of carbonyl (C=O) groups is 2. The molecule has 5 aliphatic rings. The van der Waals surface area contributed by atoms with Gasteiger partial charge in [0.1, 0.15) is 5.82 Å². The number of sulfonamides is 1. The molecule has 2 aromatic carbocycles. The van der Waals surface area contributed by atoms with Crippen LogP contribution in [-0.4, -0.2) is 43.2 Å². The minimum absolute atomic E-state index is 0.0322. The van der Waals surface area contributed by atoms with Gasteiger partial charge in [0.25, 0.3) is 0 Å². The molecule has 2 aromatic rings. The highest BCUT2D eigenvalue weighted by Gasteiger charge is 2.58. The van der Waals surface area contributed by atoms with E-state index in [9.17, 15) is 22.4 Å². The molecule has 2 amide bonds. The van der Waals surface area contributed by atoms with Crippen LogP contribution in [0.25, 0.3) is 11.1 Å². The average Bonchev–Trinajstić information content (AvgIpc) is 3.70. The molecule has 3 N–H and O–H groups in total. The molecule has 2 atom stereocenters. The molecule has 0 aromatic heterocycles. The molecule has 5 saturated carbocycles. The Labute approximate surface area is 216 Å². The zero-order valence-corrected chi connectivity index (χ0v) is 21.4. The summed E-state index contributed by atoms with van der Waals surface area (Å²) in [7, 11) is -3.87. The van der Waals surface area contributed by atoms with E-state index in [4.69, 9.17) is 5.73 Å². The number of amides is 2. The second-order valence-corrected chi connectivity index (χ2v) is 13.4. The topological polar surface area (TPSA) is 110 Å². The third kappa shape index (κ3) is 4.46. The molecule has 0 saturated heterocycles. The molecule has 0 heterocycles. The van der Waals surface area contributed by atoms with Gasteiger partial charge in [0, 0.05) is 17.5 Å². The predicted molar refractivity (Wildman–Crippen MR) is 136 cm³/mol. The zero-order chi connectivity index (χ0) is 25.9. The maximum Gasteiger partial charge on any atom is 0.243 e. The largest absolute Gasteiger partial charge is 0.369 e. The minimum atomic E-state index is -3.87. The van der Waals surface area contributed by atoms with Crippen molar-refractivity contribution in [3.05, 3.63) is 54.3 Å². The van der Waals surface area contributed by atoms with Crippen LogP contribution in [0.15, 0.2) is 53.4 Å². The molecule has 0 spiro atoms. The van der Waals surface area contributed by atoms with Crippen molar-refractivity contribution in [2.45, 2.75) is 61.9 Å². The van der Waals surface area contributed by atoms with Gasteiger partial charge < -0.3 is 11.1 Å². The van der Waals surface area contributed by atoms with Crippen molar-refractivity contribution in [3.63, 3.8) is 0 Å². The number of hydrogen-bond acceptors (Lipinski definition) is 4. The molecule has 5 fully saturated rings. The third-order valence-corrected chi connectivity index (χ3v) is 10.9. The predicted octanol–water partition coefficient (Wildman–Crippen LogP) is 3.44. The highest BCUT2D eigenvalue weighted by molar-refractivity contribution is 7.89. The lowest BCUT2D eigenvalue weighted by atomic mass is 9.47. The first-order chi connectivity index (χ1) is 17.6. The average molecular weight is 526 g/mol. The van der Waals surface area contributed by atoms with Gasteiger partial charge in [-0.15, -0.1) is 0 Å². The highest BCUT2D eigenvalue weighted by atomic mass is 32.2. The molecule has 37 heavy (non-hydrogen) atoms. The number of benzene rings is 2. The van der Waals surface area contributed by atoms with E-state index >= 15 is 0 Å². The Balaban J connectivity index is 1.16. The quantitative estimate of drug-likeness (QED) is 0.550. The smallest absolute Gasteiger partial charge is 0.243 e. The Morgan fingerprint density at radius 1 is 0.946 bits per heavy atom. The molecule has 7 nitrogen and oxygen atoms in total. The summed E-state index contributed by atoms with van der Waals surface area (Å²) in [5, 5.41) is 3.16. The Morgan fingerprint density at radius 3 is 2.05 bits per heavy atom. The van der Waals surface area contributed by atoms with Crippen LogP contribution in [0.5, 0.6) is 0 Å². The standard InChI is InChI=1S/C28H32FN3O4S/c29-22-5-1-18(2-6-22)19-3-9-24(10-4-19)37(35,36)32(23-7-8-23)16-25(33)31-26-20-11-17-12-21(26)15-28(13-17,14-20)27(30)34/h1-6,9-10,17,20-21,23,26H,7-8,11-16H2,(H2,30,34)(H,31,33). The number of halogens is 1. The van der Waals surface area contributed by atoms with E-state index in [1.165, 1.54) is 16.4 Å². The van der Waals surface area contributed by atoms with Crippen LogP contribution < -0.4 is 11.1 Å². The van der Waals surface area contributed by atoms with Crippen molar-refractivity contribution < 1.29 is 22.4 Å². The van der Waals surface area contributed by atoms with Crippen LogP contribution >= 0.6 is 0 Å². The molecule has 0 aliphatic heterocycles. The van der Waals surface area contributed by atoms with Crippen LogP contribution in [0.4, 0.5) is 4.39 Å². The summed E-state index contributed by atoms with van der Waals surface area (Å²) in [5.74, 6) is 0.0826. The van der Waals surface area contributed by atoms with Gasteiger partial charge in [0.2, 0.25) is 21.8 Å². The molecule has 4 bridgehead atoms. The van der Waals surface area contributed by atoms with Crippen molar-refractivity contribution in [1.82, 2.24) is 9.62 Å². The summed E-state index contributed by atoms with van der Waals surface area (Å²) in [6, 6.07) is 12.3. The van der Waals surface area contributed by atoms with Crippen LogP contribution in [0.3, 0.4) is 0 Å². The SMILES string of the molecule is NC(=O)C12CC3CC(C1)C(NC(=O)CN(C1CC1)S(=O)(=O)c1ccc(-c4ccc(F)cc4)cc1)C(C3)C2. The second kappa shape index (κ2) is 8.91. The van der Waals surface area contributed by atoms with E-state index in [1.807, 2.05) is 0 Å². The summed E-state index contributed by atoms with van der Waals surface area (Å²) < 4.78 is 41.7. The van der Waals surface area contributed by atoms with E-state index in [0.717, 1.165) is 43.2 Å². The van der Waals surface area contributed by atoms with Crippen LogP contribution in [0, 0.1) is 29.0 Å². The fourth-order valence-electron chi connectivity index (χ4n) is 7.30. The van der Waals surface area contributed by atoms with Gasteiger partial charge in [-0.05, 0) is 98.1 Å². The Hall–Kier alpha value is -2.78. The van der Waals surface area contributed by atoms with Gasteiger partial charge in [-0.2, -0.15) is 4.31 Å². The fraction of sp³-hybridized carbons (Fsp3) is 0.500. The molecule has 5 aliphatic carbocycles.